The van der Waals surface area contributed by atoms with E-state index in [-0.39, 0.29) is 22.4 Å². The van der Waals surface area contributed by atoms with E-state index >= 15 is 0 Å². The molecule has 0 saturated carbocycles. The van der Waals surface area contributed by atoms with Gasteiger partial charge in [-0.3, -0.25) is 10.1 Å². The first-order valence-electron chi connectivity index (χ1n) is 10.2. The number of amides is 1. The minimum absolute atomic E-state index is 0.0848. The van der Waals surface area contributed by atoms with E-state index in [2.05, 4.69) is 15.5 Å². The fraction of sp³-hybridized carbons (Fsp3) is 0.381. The zero-order valence-corrected chi connectivity index (χ0v) is 18.4. The Hall–Kier alpha value is -2.98. The molecule has 0 radical (unpaired) electrons. The Morgan fingerprint density at radius 3 is 2.29 bits per heavy atom. The lowest BCUT2D eigenvalue weighted by Crippen LogP contribution is -2.33. The molecule has 31 heavy (non-hydrogen) atoms. The summed E-state index contributed by atoms with van der Waals surface area (Å²) >= 11 is 0. The van der Waals surface area contributed by atoms with Crippen LogP contribution in [0.2, 0.25) is 0 Å². The van der Waals surface area contributed by atoms with E-state index in [0.717, 1.165) is 25.7 Å². The van der Waals surface area contributed by atoms with Crippen LogP contribution in [-0.2, 0) is 10.0 Å². The smallest absolute Gasteiger partial charge is 0.322 e. The summed E-state index contributed by atoms with van der Waals surface area (Å²) in [6.07, 6.45) is 4.89. The fourth-order valence-electron chi connectivity index (χ4n) is 2.89. The summed E-state index contributed by atoms with van der Waals surface area (Å²) in [5.74, 6) is 0.0339. The van der Waals surface area contributed by atoms with E-state index in [4.69, 9.17) is 8.83 Å². The standard InChI is InChI=1S/C21H26N4O5S/c1-3-5-13-25(14-6-4-2)31(27,28)17-11-9-16(10-12-17)19(26)22-21-24-23-20(30-21)18-8-7-15-29-18/h7-12,15H,3-6,13-14H2,1-2H3,(H,22,24,26). The Kier molecular flexibility index (Phi) is 7.59. The van der Waals surface area contributed by atoms with E-state index in [1.165, 1.54) is 34.8 Å². The van der Waals surface area contributed by atoms with Crippen LogP contribution in [0.15, 0.2) is 56.4 Å². The number of sulfonamides is 1. The van der Waals surface area contributed by atoms with Crippen molar-refractivity contribution in [3.63, 3.8) is 0 Å². The summed E-state index contributed by atoms with van der Waals surface area (Å²) in [6, 6.07) is 9.06. The van der Waals surface area contributed by atoms with Crippen LogP contribution in [0.4, 0.5) is 6.01 Å². The average molecular weight is 447 g/mol. The summed E-state index contributed by atoms with van der Waals surface area (Å²) in [5, 5.41) is 10.1. The molecule has 0 bridgehead atoms. The monoisotopic (exact) mass is 446 g/mol. The van der Waals surface area contributed by atoms with Crippen molar-refractivity contribution in [3.8, 4) is 11.7 Å². The lowest BCUT2D eigenvalue weighted by atomic mass is 10.2. The zero-order valence-electron chi connectivity index (χ0n) is 17.6. The number of anilines is 1. The molecule has 1 N–H and O–H groups in total. The highest BCUT2D eigenvalue weighted by molar-refractivity contribution is 7.89. The van der Waals surface area contributed by atoms with E-state index in [0.29, 0.717) is 18.8 Å². The van der Waals surface area contributed by atoms with Gasteiger partial charge in [0.05, 0.1) is 11.2 Å². The van der Waals surface area contributed by atoms with Crippen LogP contribution in [0.1, 0.15) is 49.9 Å². The fourth-order valence-corrected chi connectivity index (χ4v) is 4.41. The molecule has 0 spiro atoms. The molecule has 166 valence electrons. The van der Waals surface area contributed by atoms with Gasteiger partial charge in [0.25, 0.3) is 11.8 Å². The molecule has 0 aliphatic heterocycles. The number of hydrogen-bond donors (Lipinski definition) is 1. The van der Waals surface area contributed by atoms with Crippen LogP contribution in [0.25, 0.3) is 11.7 Å². The zero-order chi connectivity index (χ0) is 22.3. The van der Waals surface area contributed by atoms with Gasteiger partial charge in [-0.25, -0.2) is 8.42 Å². The quantitative estimate of drug-likeness (QED) is 0.469. The minimum atomic E-state index is -3.62. The van der Waals surface area contributed by atoms with Crippen LogP contribution >= 0.6 is 0 Å². The highest BCUT2D eigenvalue weighted by atomic mass is 32.2. The number of carbonyl (C=O) groups is 1. The van der Waals surface area contributed by atoms with Gasteiger partial charge >= 0.3 is 6.01 Å². The highest BCUT2D eigenvalue weighted by Crippen LogP contribution is 2.21. The molecule has 0 aliphatic rings. The van der Waals surface area contributed by atoms with Gasteiger partial charge in [0, 0.05) is 18.7 Å². The molecule has 1 amide bonds. The number of nitrogens with one attached hydrogen (secondary N) is 1. The second-order valence-corrected chi connectivity index (χ2v) is 8.92. The second-order valence-electron chi connectivity index (χ2n) is 6.98. The predicted molar refractivity (Wildman–Crippen MR) is 115 cm³/mol. The summed E-state index contributed by atoms with van der Waals surface area (Å²) < 4.78 is 38.1. The van der Waals surface area contributed by atoms with Crippen molar-refractivity contribution in [1.29, 1.82) is 0 Å². The first-order valence-corrected chi connectivity index (χ1v) is 11.7. The normalized spacial score (nSPS) is 11.7. The van der Waals surface area contributed by atoms with Crippen molar-refractivity contribution >= 4 is 21.9 Å². The van der Waals surface area contributed by atoms with Gasteiger partial charge in [-0.2, -0.15) is 4.31 Å². The van der Waals surface area contributed by atoms with Gasteiger partial charge in [-0.15, -0.1) is 5.10 Å². The Morgan fingerprint density at radius 2 is 1.71 bits per heavy atom. The van der Waals surface area contributed by atoms with Crippen molar-refractivity contribution < 1.29 is 22.0 Å². The topological polar surface area (TPSA) is 119 Å². The third-order valence-corrected chi connectivity index (χ3v) is 6.57. The predicted octanol–water partition coefficient (Wildman–Crippen LogP) is 4.17. The maximum atomic E-state index is 13.0. The molecule has 9 nitrogen and oxygen atoms in total. The summed E-state index contributed by atoms with van der Waals surface area (Å²) in [5.41, 5.74) is 0.269. The maximum absolute atomic E-state index is 13.0. The van der Waals surface area contributed by atoms with Crippen molar-refractivity contribution in [2.45, 2.75) is 44.4 Å². The van der Waals surface area contributed by atoms with Crippen molar-refractivity contribution in [2.75, 3.05) is 18.4 Å². The number of aromatic nitrogens is 2. The number of carbonyl (C=O) groups excluding carboxylic acids is 1. The van der Waals surface area contributed by atoms with E-state index in [1.807, 2.05) is 13.8 Å². The number of furan rings is 1. The van der Waals surface area contributed by atoms with Crippen LogP contribution in [0.5, 0.6) is 0 Å². The van der Waals surface area contributed by atoms with Crippen LogP contribution in [0, 0.1) is 0 Å². The molecule has 3 aromatic rings. The lowest BCUT2D eigenvalue weighted by Gasteiger charge is -2.22. The molecule has 0 fully saturated rings. The van der Waals surface area contributed by atoms with Gasteiger partial charge in [-0.05, 0) is 49.2 Å². The second kappa shape index (κ2) is 10.4. The number of nitrogens with zero attached hydrogens (tertiary/aromatic N) is 3. The molecular weight excluding hydrogens is 420 g/mol. The SMILES string of the molecule is CCCCN(CCCC)S(=O)(=O)c1ccc(C(=O)Nc2nnc(-c3ccco3)o2)cc1. The van der Waals surface area contributed by atoms with Crippen molar-refractivity contribution in [3.05, 3.63) is 48.2 Å². The first kappa shape index (κ1) is 22.7. The van der Waals surface area contributed by atoms with Crippen LogP contribution in [0.3, 0.4) is 0 Å². The van der Waals surface area contributed by atoms with E-state index in [9.17, 15) is 13.2 Å². The molecule has 0 atom stereocenters. The maximum Gasteiger partial charge on any atom is 0.322 e. The molecular formula is C21H26N4O5S. The van der Waals surface area contributed by atoms with Gasteiger partial charge < -0.3 is 8.83 Å². The third kappa shape index (κ3) is 5.59. The number of unbranched alkanes of at least 4 members (excludes halogenated alkanes) is 2. The molecule has 0 unspecified atom stereocenters. The van der Waals surface area contributed by atoms with E-state index in [1.54, 1.807) is 12.1 Å². The molecule has 0 aliphatic carbocycles. The van der Waals surface area contributed by atoms with Gasteiger partial charge in [-0.1, -0.05) is 31.8 Å². The summed E-state index contributed by atoms with van der Waals surface area (Å²) in [7, 11) is -3.62. The third-order valence-electron chi connectivity index (χ3n) is 4.65. The van der Waals surface area contributed by atoms with E-state index < -0.39 is 15.9 Å². The Balaban J connectivity index is 1.70. The Labute approximate surface area is 181 Å². The van der Waals surface area contributed by atoms with Crippen LogP contribution < -0.4 is 5.32 Å². The Bertz CT molecular complexity index is 1070. The van der Waals surface area contributed by atoms with Gasteiger partial charge in [0.1, 0.15) is 0 Å². The molecule has 1 aromatic carbocycles. The Morgan fingerprint density at radius 1 is 1.03 bits per heavy atom. The number of rotatable bonds is 11. The molecule has 2 heterocycles. The average Bonchev–Trinajstić information content (AvgIpc) is 3.46. The highest BCUT2D eigenvalue weighted by Gasteiger charge is 2.24. The number of hydrogen-bond acceptors (Lipinski definition) is 7. The van der Waals surface area contributed by atoms with Crippen LogP contribution in [-0.4, -0.2) is 41.9 Å². The lowest BCUT2D eigenvalue weighted by molar-refractivity contribution is 0.102. The molecule has 2 aromatic heterocycles. The first-order chi connectivity index (χ1) is 15.0. The largest absolute Gasteiger partial charge is 0.459 e. The minimum Gasteiger partial charge on any atom is -0.459 e. The van der Waals surface area contributed by atoms with Crippen molar-refractivity contribution in [1.82, 2.24) is 14.5 Å². The van der Waals surface area contributed by atoms with Gasteiger partial charge in [0.15, 0.2) is 5.76 Å². The summed E-state index contributed by atoms with van der Waals surface area (Å²) in [4.78, 5) is 12.6. The molecule has 10 heteroatoms. The molecule has 0 saturated heterocycles. The molecule has 3 rings (SSSR count). The van der Waals surface area contributed by atoms with Gasteiger partial charge in [0.2, 0.25) is 10.0 Å². The number of benzene rings is 1. The summed E-state index contributed by atoms with van der Waals surface area (Å²) in [6.45, 7) is 5.02. The van der Waals surface area contributed by atoms with Crippen molar-refractivity contribution in [2.24, 2.45) is 0 Å².